The second kappa shape index (κ2) is 6.35. The van der Waals surface area contributed by atoms with E-state index in [-0.39, 0.29) is 5.92 Å². The number of hydrogen-bond donors (Lipinski definition) is 2. The van der Waals surface area contributed by atoms with Gasteiger partial charge in [-0.05, 0) is 18.9 Å². The first-order chi connectivity index (χ1) is 6.06. The van der Waals surface area contributed by atoms with Crippen LogP contribution in [0, 0.1) is 5.92 Å². The van der Waals surface area contributed by atoms with E-state index in [1.807, 2.05) is 13.8 Å². The molecule has 0 radical (unpaired) electrons. The molecule has 0 aliphatic heterocycles. The summed E-state index contributed by atoms with van der Waals surface area (Å²) >= 11 is 0. The molecule has 0 saturated carbocycles. The number of methoxy groups -OCH3 is 1. The molecule has 0 aliphatic carbocycles. The lowest BCUT2D eigenvalue weighted by molar-refractivity contribution is -0.0622. The van der Waals surface area contributed by atoms with Gasteiger partial charge in [-0.15, -0.1) is 0 Å². The van der Waals surface area contributed by atoms with Gasteiger partial charge in [-0.1, -0.05) is 20.8 Å². The molecule has 0 aromatic rings. The highest BCUT2D eigenvalue weighted by Crippen LogP contribution is 2.16. The number of rotatable bonds is 7. The zero-order valence-corrected chi connectivity index (χ0v) is 9.26. The van der Waals surface area contributed by atoms with Gasteiger partial charge in [0.2, 0.25) is 0 Å². The van der Waals surface area contributed by atoms with E-state index >= 15 is 0 Å². The highest BCUT2D eigenvalue weighted by atomic mass is 16.5. The van der Waals surface area contributed by atoms with Crippen LogP contribution < -0.4 is 5.32 Å². The van der Waals surface area contributed by atoms with Crippen LogP contribution in [0.2, 0.25) is 0 Å². The van der Waals surface area contributed by atoms with Gasteiger partial charge in [0.05, 0.1) is 6.61 Å². The van der Waals surface area contributed by atoms with Gasteiger partial charge in [-0.2, -0.15) is 0 Å². The van der Waals surface area contributed by atoms with Gasteiger partial charge in [-0.25, -0.2) is 0 Å². The van der Waals surface area contributed by atoms with E-state index < -0.39 is 5.60 Å². The predicted molar refractivity (Wildman–Crippen MR) is 54.8 cm³/mol. The Kier molecular flexibility index (Phi) is 6.29. The van der Waals surface area contributed by atoms with Crippen molar-refractivity contribution in [1.82, 2.24) is 5.32 Å². The Morgan fingerprint density at radius 3 is 2.46 bits per heavy atom. The molecule has 0 heterocycles. The SMILES string of the molecule is CCCNCC(O)(COC)C(C)C. The third-order valence-electron chi connectivity index (χ3n) is 2.33. The molecule has 0 rings (SSSR count). The summed E-state index contributed by atoms with van der Waals surface area (Å²) in [6, 6.07) is 0. The lowest BCUT2D eigenvalue weighted by Crippen LogP contribution is -2.48. The maximum absolute atomic E-state index is 10.1. The molecule has 0 saturated heterocycles. The van der Waals surface area contributed by atoms with E-state index in [1.54, 1.807) is 7.11 Å². The Hall–Kier alpha value is -0.120. The van der Waals surface area contributed by atoms with E-state index in [9.17, 15) is 5.11 Å². The molecule has 0 bridgehead atoms. The second-order valence-corrected chi connectivity index (χ2v) is 3.87. The summed E-state index contributed by atoms with van der Waals surface area (Å²) in [6.45, 7) is 8.06. The summed E-state index contributed by atoms with van der Waals surface area (Å²) in [5.41, 5.74) is -0.732. The largest absolute Gasteiger partial charge is 0.386 e. The van der Waals surface area contributed by atoms with Gasteiger partial charge in [0, 0.05) is 13.7 Å². The summed E-state index contributed by atoms with van der Waals surface area (Å²) in [5.74, 6) is 0.205. The van der Waals surface area contributed by atoms with Crippen LogP contribution in [-0.4, -0.2) is 37.5 Å². The Bertz CT molecular complexity index is 128. The molecule has 0 spiro atoms. The predicted octanol–water partition coefficient (Wildman–Crippen LogP) is 1.02. The maximum Gasteiger partial charge on any atom is 0.103 e. The van der Waals surface area contributed by atoms with Gasteiger partial charge in [0.25, 0.3) is 0 Å². The minimum absolute atomic E-state index is 0.205. The van der Waals surface area contributed by atoms with Crippen LogP contribution >= 0.6 is 0 Å². The van der Waals surface area contributed by atoms with Crippen molar-refractivity contribution < 1.29 is 9.84 Å². The second-order valence-electron chi connectivity index (χ2n) is 3.87. The third kappa shape index (κ3) is 4.60. The van der Waals surface area contributed by atoms with Crippen LogP contribution in [0.3, 0.4) is 0 Å². The Balaban J connectivity index is 3.92. The molecule has 2 N–H and O–H groups in total. The van der Waals surface area contributed by atoms with Crippen molar-refractivity contribution in [2.24, 2.45) is 5.92 Å². The van der Waals surface area contributed by atoms with Crippen molar-refractivity contribution in [2.75, 3.05) is 26.8 Å². The lowest BCUT2D eigenvalue weighted by Gasteiger charge is -2.31. The van der Waals surface area contributed by atoms with Gasteiger partial charge in [0.1, 0.15) is 5.60 Å². The molecule has 0 aliphatic rings. The lowest BCUT2D eigenvalue weighted by atomic mass is 9.91. The fourth-order valence-electron chi connectivity index (χ4n) is 1.15. The maximum atomic E-state index is 10.1. The molecule has 80 valence electrons. The molecule has 1 unspecified atom stereocenters. The normalized spacial score (nSPS) is 16.2. The molecule has 0 fully saturated rings. The van der Waals surface area contributed by atoms with E-state index in [2.05, 4.69) is 12.2 Å². The van der Waals surface area contributed by atoms with E-state index in [1.165, 1.54) is 0 Å². The topological polar surface area (TPSA) is 41.5 Å². The van der Waals surface area contributed by atoms with Crippen molar-refractivity contribution in [3.05, 3.63) is 0 Å². The average molecular weight is 189 g/mol. The smallest absolute Gasteiger partial charge is 0.103 e. The monoisotopic (exact) mass is 189 g/mol. The molecular weight excluding hydrogens is 166 g/mol. The van der Waals surface area contributed by atoms with Gasteiger partial charge in [0.15, 0.2) is 0 Å². The van der Waals surface area contributed by atoms with Gasteiger partial charge in [-0.3, -0.25) is 0 Å². The van der Waals surface area contributed by atoms with Crippen molar-refractivity contribution in [3.8, 4) is 0 Å². The highest BCUT2D eigenvalue weighted by Gasteiger charge is 2.30. The van der Waals surface area contributed by atoms with Crippen LogP contribution in [0.15, 0.2) is 0 Å². The van der Waals surface area contributed by atoms with Gasteiger partial charge >= 0.3 is 0 Å². The van der Waals surface area contributed by atoms with E-state index in [4.69, 9.17) is 4.74 Å². The summed E-state index contributed by atoms with van der Waals surface area (Å²) in [4.78, 5) is 0. The molecule has 0 amide bonds. The Labute approximate surface area is 81.5 Å². The van der Waals surface area contributed by atoms with E-state index in [0.717, 1.165) is 13.0 Å². The van der Waals surface area contributed by atoms with Crippen LogP contribution in [0.5, 0.6) is 0 Å². The molecular formula is C10H23NO2. The summed E-state index contributed by atoms with van der Waals surface area (Å²) in [6.07, 6.45) is 1.08. The first-order valence-electron chi connectivity index (χ1n) is 4.99. The minimum atomic E-state index is -0.732. The number of ether oxygens (including phenoxy) is 1. The van der Waals surface area contributed by atoms with Crippen LogP contribution in [0.4, 0.5) is 0 Å². The number of nitrogens with one attached hydrogen (secondary N) is 1. The van der Waals surface area contributed by atoms with Crippen molar-refractivity contribution in [3.63, 3.8) is 0 Å². The third-order valence-corrected chi connectivity index (χ3v) is 2.33. The molecule has 13 heavy (non-hydrogen) atoms. The summed E-state index contributed by atoms with van der Waals surface area (Å²) < 4.78 is 5.01. The van der Waals surface area contributed by atoms with E-state index in [0.29, 0.717) is 13.2 Å². The zero-order valence-electron chi connectivity index (χ0n) is 9.26. The van der Waals surface area contributed by atoms with Crippen LogP contribution in [-0.2, 0) is 4.74 Å². The van der Waals surface area contributed by atoms with Crippen molar-refractivity contribution in [2.45, 2.75) is 32.8 Å². The molecule has 0 aromatic heterocycles. The molecule has 1 atom stereocenters. The van der Waals surface area contributed by atoms with Crippen LogP contribution in [0.1, 0.15) is 27.2 Å². The quantitative estimate of drug-likeness (QED) is 0.588. The first kappa shape index (κ1) is 12.9. The van der Waals surface area contributed by atoms with Crippen LogP contribution in [0.25, 0.3) is 0 Å². The Morgan fingerprint density at radius 2 is 2.08 bits per heavy atom. The van der Waals surface area contributed by atoms with Gasteiger partial charge < -0.3 is 15.2 Å². The summed E-state index contributed by atoms with van der Waals surface area (Å²) in [5, 5.41) is 13.3. The Morgan fingerprint density at radius 1 is 1.46 bits per heavy atom. The zero-order chi connectivity index (χ0) is 10.3. The van der Waals surface area contributed by atoms with Crippen molar-refractivity contribution >= 4 is 0 Å². The highest BCUT2D eigenvalue weighted by molar-refractivity contribution is 4.83. The average Bonchev–Trinajstić information content (AvgIpc) is 2.05. The van der Waals surface area contributed by atoms with Crippen molar-refractivity contribution in [1.29, 1.82) is 0 Å². The first-order valence-corrected chi connectivity index (χ1v) is 4.99. The molecule has 3 heteroatoms. The minimum Gasteiger partial charge on any atom is -0.386 e. The molecule has 3 nitrogen and oxygen atoms in total. The standard InChI is InChI=1S/C10H23NO2/c1-5-6-11-7-10(12,8-13-4)9(2)3/h9,11-12H,5-8H2,1-4H3. The fourth-order valence-corrected chi connectivity index (χ4v) is 1.15. The molecule has 0 aromatic carbocycles. The summed E-state index contributed by atoms with van der Waals surface area (Å²) in [7, 11) is 1.62. The number of hydrogen-bond acceptors (Lipinski definition) is 3. The number of aliphatic hydroxyl groups is 1. The fraction of sp³-hybridized carbons (Fsp3) is 1.00.